The van der Waals surface area contributed by atoms with Gasteiger partial charge in [-0.1, -0.05) is 54.1 Å². The van der Waals surface area contributed by atoms with Crippen LogP contribution in [0.1, 0.15) is 16.1 Å². The highest BCUT2D eigenvalue weighted by atomic mass is 35.5. The Balaban J connectivity index is 2.04. The lowest BCUT2D eigenvalue weighted by Crippen LogP contribution is -2.12. The predicted molar refractivity (Wildman–Crippen MR) is 105 cm³/mol. The van der Waals surface area contributed by atoms with E-state index in [9.17, 15) is 9.59 Å². The molecule has 4 nitrogen and oxygen atoms in total. The number of aromatic nitrogens is 1. The summed E-state index contributed by atoms with van der Waals surface area (Å²) in [7, 11) is 3.96. The number of hydrogen-bond donors (Lipinski definition) is 0. The molecule has 1 aromatic heterocycles. The van der Waals surface area contributed by atoms with Crippen LogP contribution in [0.25, 0.3) is 11.1 Å². The zero-order valence-electron chi connectivity index (χ0n) is 14.6. The van der Waals surface area contributed by atoms with E-state index >= 15 is 0 Å². The summed E-state index contributed by atoms with van der Waals surface area (Å²) >= 11 is 6.42. The second kappa shape index (κ2) is 7.58. The molecule has 0 saturated heterocycles. The van der Waals surface area contributed by atoms with Crippen LogP contribution >= 0.6 is 11.6 Å². The lowest BCUT2D eigenvalue weighted by Gasteiger charge is -2.13. The lowest BCUT2D eigenvalue weighted by atomic mass is 10.0. The maximum Gasteiger partial charge on any atom is 0.242 e. The first-order valence-corrected chi connectivity index (χ1v) is 8.59. The van der Waals surface area contributed by atoms with Gasteiger partial charge in [0.05, 0.1) is 5.02 Å². The Morgan fingerprint density at radius 3 is 2.31 bits per heavy atom. The molecule has 0 aliphatic rings. The van der Waals surface area contributed by atoms with Gasteiger partial charge in [0, 0.05) is 38.1 Å². The Morgan fingerprint density at radius 1 is 1.08 bits per heavy atom. The number of nitrogens with zero attached hydrogens (tertiary/aromatic N) is 2. The van der Waals surface area contributed by atoms with Gasteiger partial charge in [-0.25, -0.2) is 0 Å². The SMILES string of the molecule is CN(C)c1ccc(Cn2cc(Cl)c(-c3ccccc3)c2C(=O)C=O)cc1. The molecule has 0 atom stereocenters. The van der Waals surface area contributed by atoms with Gasteiger partial charge >= 0.3 is 0 Å². The second-order valence-corrected chi connectivity index (χ2v) is 6.64. The molecular weight excluding hydrogens is 348 g/mol. The standard InChI is InChI=1S/C21H19ClN2O2/c1-23(2)17-10-8-15(9-11-17)12-24-13-18(22)20(21(24)19(26)14-25)16-6-4-3-5-7-16/h3-11,13-14H,12H2,1-2H3. The Labute approximate surface area is 157 Å². The van der Waals surface area contributed by atoms with E-state index in [1.807, 2.05) is 73.6 Å². The molecule has 0 aliphatic carbocycles. The number of benzene rings is 2. The molecule has 2 aromatic carbocycles. The Bertz CT molecular complexity index is 929. The van der Waals surface area contributed by atoms with E-state index < -0.39 is 5.78 Å². The van der Waals surface area contributed by atoms with E-state index in [2.05, 4.69) is 0 Å². The molecule has 0 N–H and O–H groups in total. The fourth-order valence-corrected chi connectivity index (χ4v) is 3.26. The van der Waals surface area contributed by atoms with Crippen molar-refractivity contribution in [3.8, 4) is 11.1 Å². The van der Waals surface area contributed by atoms with Crippen LogP contribution in [0.5, 0.6) is 0 Å². The van der Waals surface area contributed by atoms with Gasteiger partial charge in [-0.05, 0) is 23.3 Å². The third kappa shape index (κ3) is 3.55. The van der Waals surface area contributed by atoms with Crippen molar-refractivity contribution >= 4 is 29.4 Å². The summed E-state index contributed by atoms with van der Waals surface area (Å²) in [6, 6.07) is 17.4. The third-order valence-corrected chi connectivity index (χ3v) is 4.53. The number of aldehydes is 1. The highest BCUT2D eigenvalue weighted by Gasteiger charge is 2.22. The van der Waals surface area contributed by atoms with Gasteiger partial charge in [0.15, 0.2) is 6.29 Å². The summed E-state index contributed by atoms with van der Waals surface area (Å²) in [4.78, 5) is 25.6. The van der Waals surface area contributed by atoms with Gasteiger partial charge in [0.2, 0.25) is 5.78 Å². The highest BCUT2D eigenvalue weighted by molar-refractivity contribution is 6.39. The number of ketones is 1. The first kappa shape index (κ1) is 18.0. The highest BCUT2D eigenvalue weighted by Crippen LogP contribution is 2.34. The van der Waals surface area contributed by atoms with Crippen molar-refractivity contribution in [1.82, 2.24) is 4.57 Å². The van der Waals surface area contributed by atoms with Crippen LogP contribution in [-0.2, 0) is 11.3 Å². The molecule has 3 rings (SSSR count). The van der Waals surface area contributed by atoms with Crippen LogP contribution in [0.2, 0.25) is 5.02 Å². The molecule has 3 aromatic rings. The molecule has 5 heteroatoms. The van der Waals surface area contributed by atoms with Crippen molar-refractivity contribution in [1.29, 1.82) is 0 Å². The first-order chi connectivity index (χ1) is 12.5. The minimum atomic E-state index is -0.583. The van der Waals surface area contributed by atoms with Crippen LogP contribution in [0.3, 0.4) is 0 Å². The molecule has 0 amide bonds. The van der Waals surface area contributed by atoms with Crippen molar-refractivity contribution in [3.05, 3.63) is 77.1 Å². The maximum absolute atomic E-state index is 12.3. The number of rotatable bonds is 6. The molecular formula is C21H19ClN2O2. The van der Waals surface area contributed by atoms with E-state index in [4.69, 9.17) is 11.6 Å². The summed E-state index contributed by atoms with van der Waals surface area (Å²) in [5.74, 6) is -0.583. The molecule has 0 aliphatic heterocycles. The van der Waals surface area contributed by atoms with E-state index in [-0.39, 0.29) is 0 Å². The van der Waals surface area contributed by atoms with Crippen LogP contribution in [0.15, 0.2) is 60.8 Å². The van der Waals surface area contributed by atoms with Gasteiger partial charge in [-0.2, -0.15) is 0 Å². The summed E-state index contributed by atoms with van der Waals surface area (Å²) < 4.78 is 1.74. The minimum Gasteiger partial charge on any atom is -0.378 e. The smallest absolute Gasteiger partial charge is 0.242 e. The van der Waals surface area contributed by atoms with Crippen LogP contribution in [0, 0.1) is 0 Å². The molecule has 1 heterocycles. The Kier molecular flexibility index (Phi) is 5.24. The molecule has 0 saturated carbocycles. The number of carbonyl (C=O) groups is 2. The molecule has 0 spiro atoms. The summed E-state index contributed by atoms with van der Waals surface area (Å²) in [6.07, 6.45) is 2.05. The van der Waals surface area contributed by atoms with Crippen molar-refractivity contribution in [3.63, 3.8) is 0 Å². The van der Waals surface area contributed by atoms with Gasteiger partial charge in [0.25, 0.3) is 0 Å². The Morgan fingerprint density at radius 2 is 1.73 bits per heavy atom. The van der Waals surface area contributed by atoms with Crippen molar-refractivity contribution in [2.75, 3.05) is 19.0 Å². The molecule has 0 bridgehead atoms. The fraction of sp³-hybridized carbons (Fsp3) is 0.143. The molecule has 132 valence electrons. The third-order valence-electron chi connectivity index (χ3n) is 4.24. The van der Waals surface area contributed by atoms with E-state index in [0.29, 0.717) is 29.1 Å². The number of carbonyl (C=O) groups excluding carboxylic acids is 2. The van der Waals surface area contributed by atoms with E-state index in [1.54, 1.807) is 10.8 Å². The zero-order valence-corrected chi connectivity index (χ0v) is 15.4. The van der Waals surface area contributed by atoms with Gasteiger partial charge in [0.1, 0.15) is 5.69 Å². The molecule has 26 heavy (non-hydrogen) atoms. The molecule has 0 unspecified atom stereocenters. The van der Waals surface area contributed by atoms with Gasteiger partial charge < -0.3 is 9.47 Å². The topological polar surface area (TPSA) is 42.3 Å². The normalized spacial score (nSPS) is 10.6. The fourth-order valence-electron chi connectivity index (χ4n) is 2.94. The van der Waals surface area contributed by atoms with Crippen molar-refractivity contribution < 1.29 is 9.59 Å². The maximum atomic E-state index is 12.3. The lowest BCUT2D eigenvalue weighted by molar-refractivity contribution is -0.104. The summed E-state index contributed by atoms with van der Waals surface area (Å²) in [5.41, 5.74) is 3.82. The average Bonchev–Trinajstić information content (AvgIpc) is 2.98. The van der Waals surface area contributed by atoms with Gasteiger partial charge in [-0.3, -0.25) is 9.59 Å². The summed E-state index contributed by atoms with van der Waals surface area (Å²) in [5, 5.41) is 0.450. The van der Waals surface area contributed by atoms with Gasteiger partial charge in [-0.15, -0.1) is 0 Å². The monoisotopic (exact) mass is 366 g/mol. The number of Topliss-reactive ketones (excluding diaryl/α,β-unsaturated/α-hetero) is 1. The number of anilines is 1. The quantitative estimate of drug-likeness (QED) is 0.371. The summed E-state index contributed by atoms with van der Waals surface area (Å²) in [6.45, 7) is 0.454. The largest absolute Gasteiger partial charge is 0.378 e. The predicted octanol–water partition coefficient (Wildman–Crippen LogP) is 4.30. The van der Waals surface area contributed by atoms with Crippen LogP contribution in [0.4, 0.5) is 5.69 Å². The average molecular weight is 367 g/mol. The van der Waals surface area contributed by atoms with Crippen LogP contribution < -0.4 is 4.90 Å². The van der Waals surface area contributed by atoms with Crippen LogP contribution in [-0.4, -0.2) is 30.7 Å². The van der Waals surface area contributed by atoms with E-state index in [0.717, 1.165) is 16.8 Å². The minimum absolute atomic E-state index is 0.313. The molecule has 0 radical (unpaired) electrons. The number of hydrogen-bond acceptors (Lipinski definition) is 3. The second-order valence-electron chi connectivity index (χ2n) is 6.24. The number of halogens is 1. The van der Waals surface area contributed by atoms with E-state index in [1.165, 1.54) is 0 Å². The zero-order chi connectivity index (χ0) is 18.7. The van der Waals surface area contributed by atoms with Crippen molar-refractivity contribution in [2.45, 2.75) is 6.54 Å². The molecule has 0 fully saturated rings. The van der Waals surface area contributed by atoms with Crippen molar-refractivity contribution in [2.24, 2.45) is 0 Å². The Hall–Kier alpha value is -2.85. The first-order valence-electron chi connectivity index (χ1n) is 8.21.